The predicted octanol–water partition coefficient (Wildman–Crippen LogP) is 11.6. The average molecular weight is 771 g/mol. The quantitative estimate of drug-likeness (QED) is 0.0291. The number of hydrogen-bond donors (Lipinski definition) is 1. The van der Waals surface area contributed by atoms with Gasteiger partial charge in [0.05, 0.1) is 40.8 Å². The second kappa shape index (κ2) is 37.7. The Balaban J connectivity index is 4.51. The normalized spacial score (nSPS) is 13.7. The molecule has 0 rings (SSSR count). The molecule has 0 saturated carbocycles. The van der Waals surface area contributed by atoms with Gasteiger partial charge in [0.2, 0.25) is 0 Å². The molecule has 1 N–H and O–H groups in total. The first-order valence-electron chi connectivity index (χ1n) is 21.5. The van der Waals surface area contributed by atoms with Crippen molar-refractivity contribution >= 4 is 17.9 Å². The number of unbranched alkanes of at least 4 members (excludes halogenated alkanes) is 12. The van der Waals surface area contributed by atoms with E-state index in [9.17, 15) is 19.5 Å². The summed E-state index contributed by atoms with van der Waals surface area (Å²) in [6, 6.07) is -0.634. The van der Waals surface area contributed by atoms with Gasteiger partial charge in [-0.05, 0) is 64.2 Å². The number of ether oxygens (including phenoxy) is 3. The Bertz CT molecular complexity index is 1130. The van der Waals surface area contributed by atoms with Crippen LogP contribution in [0.1, 0.15) is 155 Å². The van der Waals surface area contributed by atoms with Crippen LogP contribution in [0.4, 0.5) is 0 Å². The maximum absolute atomic E-state index is 12.6. The molecule has 0 aromatic rings. The first-order chi connectivity index (χ1) is 26.6. The molecule has 55 heavy (non-hydrogen) atoms. The largest absolute Gasteiger partial charge is 0.477 e. The third kappa shape index (κ3) is 36.2. The fourth-order valence-corrected chi connectivity index (χ4v) is 5.81. The molecule has 0 aliphatic heterocycles. The van der Waals surface area contributed by atoms with Crippen LogP contribution in [-0.4, -0.2) is 80.6 Å². The lowest BCUT2D eigenvalue weighted by Gasteiger charge is -2.31. The fourth-order valence-electron chi connectivity index (χ4n) is 5.81. The Hall–Kier alpha value is -3.23. The number of quaternary nitrogens is 1. The number of rotatable bonds is 37. The van der Waals surface area contributed by atoms with Gasteiger partial charge in [0, 0.05) is 12.8 Å². The lowest BCUT2D eigenvalue weighted by Crippen LogP contribution is -2.50. The smallest absolute Gasteiger partial charge is 0.362 e. The molecular formula is C47H80NO7+. The van der Waals surface area contributed by atoms with Crippen LogP contribution in [0, 0.1) is 0 Å². The summed E-state index contributed by atoms with van der Waals surface area (Å²) in [5.74, 6) is -1.65. The molecule has 8 heteroatoms. The number of carboxylic acids is 1. The van der Waals surface area contributed by atoms with Crippen LogP contribution in [0.2, 0.25) is 0 Å². The van der Waals surface area contributed by atoms with Crippen molar-refractivity contribution in [3.63, 3.8) is 0 Å². The number of likely N-dealkylation sites (N-methyl/N-ethyl adjacent to an activating group) is 1. The lowest BCUT2D eigenvalue weighted by atomic mass is 10.1. The maximum Gasteiger partial charge on any atom is 0.362 e. The van der Waals surface area contributed by atoms with Crippen molar-refractivity contribution in [3.05, 3.63) is 72.9 Å². The Labute approximate surface area is 336 Å². The van der Waals surface area contributed by atoms with Crippen molar-refractivity contribution in [2.45, 2.75) is 167 Å². The third-order valence-electron chi connectivity index (χ3n) is 9.12. The summed E-state index contributed by atoms with van der Waals surface area (Å²) < 4.78 is 17.1. The van der Waals surface area contributed by atoms with E-state index < -0.39 is 24.1 Å². The summed E-state index contributed by atoms with van der Waals surface area (Å²) in [4.78, 5) is 36.9. The Morgan fingerprint density at radius 2 is 1.07 bits per heavy atom. The van der Waals surface area contributed by atoms with Crippen molar-refractivity contribution in [2.24, 2.45) is 0 Å². The summed E-state index contributed by atoms with van der Waals surface area (Å²) in [6.45, 7) is 4.49. The number of carbonyl (C=O) groups is 3. The highest BCUT2D eigenvalue weighted by Crippen LogP contribution is 2.12. The zero-order chi connectivity index (χ0) is 40.7. The molecule has 0 aromatic heterocycles. The van der Waals surface area contributed by atoms with Crippen LogP contribution in [0.15, 0.2) is 72.9 Å². The summed E-state index contributed by atoms with van der Waals surface area (Å²) in [6.07, 6.45) is 46.9. The number of esters is 2. The highest BCUT2D eigenvalue weighted by Gasteiger charge is 2.31. The molecule has 8 nitrogen and oxygen atoms in total. The van der Waals surface area contributed by atoms with Crippen LogP contribution in [-0.2, 0) is 28.6 Å². The van der Waals surface area contributed by atoms with E-state index in [0.29, 0.717) is 19.3 Å². The molecule has 0 bridgehead atoms. The molecule has 0 spiro atoms. The first-order valence-corrected chi connectivity index (χ1v) is 21.5. The van der Waals surface area contributed by atoms with Crippen molar-refractivity contribution in [1.82, 2.24) is 0 Å². The number of hydrogen-bond acceptors (Lipinski definition) is 6. The molecule has 0 radical (unpaired) electrons. The van der Waals surface area contributed by atoms with Gasteiger partial charge in [-0.15, -0.1) is 0 Å². The zero-order valence-corrected chi connectivity index (χ0v) is 35.6. The van der Waals surface area contributed by atoms with Gasteiger partial charge in [0.15, 0.2) is 12.1 Å². The average Bonchev–Trinajstić information content (AvgIpc) is 3.14. The van der Waals surface area contributed by atoms with E-state index in [2.05, 4.69) is 74.6 Å². The summed E-state index contributed by atoms with van der Waals surface area (Å²) in [5, 5.41) is 9.60. The zero-order valence-electron chi connectivity index (χ0n) is 35.6. The number of allylic oxidation sites excluding steroid dienone is 11. The summed E-state index contributed by atoms with van der Waals surface area (Å²) >= 11 is 0. The fraction of sp³-hybridized carbons (Fsp3) is 0.681. The van der Waals surface area contributed by atoms with Gasteiger partial charge in [-0.1, -0.05) is 145 Å². The topological polar surface area (TPSA) is 99.1 Å². The Morgan fingerprint density at radius 1 is 0.582 bits per heavy atom. The first kappa shape index (κ1) is 51.8. The summed E-state index contributed by atoms with van der Waals surface area (Å²) in [7, 11) is 5.48. The molecule has 0 aliphatic carbocycles. The van der Waals surface area contributed by atoms with E-state index in [1.807, 2.05) is 27.2 Å². The van der Waals surface area contributed by atoms with Gasteiger partial charge in [0.25, 0.3) is 0 Å². The van der Waals surface area contributed by atoms with E-state index in [-0.39, 0.29) is 36.7 Å². The third-order valence-corrected chi connectivity index (χ3v) is 9.12. The predicted molar refractivity (Wildman–Crippen MR) is 229 cm³/mol. The molecule has 0 aliphatic rings. The van der Waals surface area contributed by atoms with Crippen LogP contribution in [0.25, 0.3) is 0 Å². The maximum atomic E-state index is 12.6. The molecular weight excluding hydrogens is 691 g/mol. The number of aliphatic carboxylic acids is 1. The second-order valence-corrected chi connectivity index (χ2v) is 15.2. The monoisotopic (exact) mass is 771 g/mol. The van der Waals surface area contributed by atoms with Gasteiger partial charge >= 0.3 is 17.9 Å². The number of nitrogens with zero attached hydrogens (tertiary/aromatic N) is 1. The van der Waals surface area contributed by atoms with Gasteiger partial charge in [-0.2, -0.15) is 0 Å². The molecule has 314 valence electrons. The van der Waals surface area contributed by atoms with Gasteiger partial charge in [-0.3, -0.25) is 9.59 Å². The van der Waals surface area contributed by atoms with Gasteiger partial charge in [-0.25, -0.2) is 4.79 Å². The van der Waals surface area contributed by atoms with Crippen molar-refractivity contribution in [3.8, 4) is 0 Å². The van der Waals surface area contributed by atoms with Crippen LogP contribution >= 0.6 is 0 Å². The van der Waals surface area contributed by atoms with Gasteiger partial charge < -0.3 is 23.8 Å². The molecule has 0 heterocycles. The summed E-state index contributed by atoms with van der Waals surface area (Å²) in [5.41, 5.74) is 0. The second-order valence-electron chi connectivity index (χ2n) is 15.2. The van der Waals surface area contributed by atoms with E-state index in [1.54, 1.807) is 6.08 Å². The Kier molecular flexibility index (Phi) is 35.5. The molecule has 0 amide bonds. The molecule has 0 fully saturated rings. The highest BCUT2D eigenvalue weighted by atomic mass is 16.6. The number of carboxylic acid groups (broad SMARTS) is 1. The standard InChI is InChI=1S/C47H79NO7/c1-6-8-10-12-14-16-18-20-22-24-25-27-29-31-33-35-37-45(49)54-42-43(41-53-40-39-44(47(51)52)48(3,4)5)55-46(50)38-36-34-32-30-28-26-23-21-19-17-15-13-11-9-7-2/h9,11,15,17,21-24,28,30,34,36,43-44H,6-8,10,12-14,16,18-20,25-27,29,31-33,35,37-42H2,1-5H3/p+1/b11-9-,17-15-,23-21-,24-22-,30-28-,36-34-. The van der Waals surface area contributed by atoms with Crippen LogP contribution in [0.5, 0.6) is 0 Å². The van der Waals surface area contributed by atoms with E-state index in [0.717, 1.165) is 57.8 Å². The molecule has 0 aromatic carbocycles. The minimum Gasteiger partial charge on any atom is -0.477 e. The van der Waals surface area contributed by atoms with Crippen LogP contribution < -0.4 is 0 Å². The molecule has 2 atom stereocenters. The van der Waals surface area contributed by atoms with Gasteiger partial charge in [0.1, 0.15) is 6.61 Å². The van der Waals surface area contributed by atoms with Crippen LogP contribution in [0.3, 0.4) is 0 Å². The lowest BCUT2D eigenvalue weighted by molar-refractivity contribution is -0.887. The number of carbonyl (C=O) groups excluding carboxylic acids is 2. The minimum absolute atomic E-state index is 0.0155. The minimum atomic E-state index is -0.893. The highest BCUT2D eigenvalue weighted by molar-refractivity contribution is 5.72. The SMILES string of the molecule is CC/C=C\C/C=C\C/C=C\C/C=C\C/C=C\CC(=O)OC(COCCC(C(=O)O)[N+](C)(C)C)COC(=O)CCCCCCC/C=C\CCCCCCCCC. The molecule has 2 unspecified atom stereocenters. The van der Waals surface area contributed by atoms with Crippen molar-refractivity contribution in [1.29, 1.82) is 0 Å². The van der Waals surface area contributed by atoms with Crippen molar-refractivity contribution < 1.29 is 38.2 Å². The van der Waals surface area contributed by atoms with E-state index in [4.69, 9.17) is 14.2 Å². The Morgan fingerprint density at radius 3 is 1.58 bits per heavy atom. The van der Waals surface area contributed by atoms with Crippen molar-refractivity contribution in [2.75, 3.05) is 41.0 Å². The van der Waals surface area contributed by atoms with E-state index in [1.165, 1.54) is 57.8 Å². The van der Waals surface area contributed by atoms with E-state index >= 15 is 0 Å². The molecule has 0 saturated heterocycles.